The van der Waals surface area contributed by atoms with Crippen LogP contribution in [0.15, 0.2) is 9.59 Å². The first kappa shape index (κ1) is 20.9. The molecule has 0 radical (unpaired) electrons. The quantitative estimate of drug-likeness (QED) is 0.226. The van der Waals surface area contributed by atoms with Crippen LogP contribution in [0.2, 0.25) is 0 Å². The molecule has 1 saturated heterocycles. The number of rotatable bonds is 2. The number of hydrogen-bond acceptors (Lipinski definition) is 8. The summed E-state index contributed by atoms with van der Waals surface area (Å²) in [5.41, 5.74) is 2.66. The Morgan fingerprint density at radius 2 is 1.72 bits per heavy atom. The van der Waals surface area contributed by atoms with Crippen LogP contribution in [0.1, 0.15) is 6.23 Å². The molecule has 1 aromatic rings. The first-order valence-electron chi connectivity index (χ1n) is 6.08. The number of halogens is 1. The van der Waals surface area contributed by atoms with E-state index in [9.17, 15) is 29.0 Å². The summed E-state index contributed by atoms with van der Waals surface area (Å²) < 4.78 is 27.4. The molecule has 0 spiro atoms. The fraction of sp³-hybridized carbons (Fsp3) is 0.444. The minimum Gasteiger partial charge on any atom is -0.479 e. The van der Waals surface area contributed by atoms with Gasteiger partial charge in [-0.1, -0.05) is 0 Å². The molecule has 1 aromatic heterocycles. The van der Waals surface area contributed by atoms with Gasteiger partial charge in [-0.25, -0.2) is 18.7 Å². The van der Waals surface area contributed by atoms with Crippen molar-refractivity contribution in [2.45, 2.75) is 24.5 Å². The molecular weight excluding hydrogens is 376 g/mol. The highest BCUT2D eigenvalue weighted by atomic mass is 31.2. The van der Waals surface area contributed by atoms with Crippen molar-refractivity contribution in [1.29, 1.82) is 0 Å². The molecule has 2 heterocycles. The second kappa shape index (κ2) is 7.40. The van der Waals surface area contributed by atoms with Crippen LogP contribution in [0.5, 0.6) is 0 Å². The molecule has 25 heavy (non-hydrogen) atoms. The predicted octanol–water partition coefficient (Wildman–Crippen LogP) is -3.97. The van der Waals surface area contributed by atoms with Gasteiger partial charge in [-0.05, 0) is 0 Å². The minimum absolute atomic E-state index is 0.327. The van der Waals surface area contributed by atoms with Gasteiger partial charge in [0, 0.05) is 0 Å². The molecule has 0 bridgehead atoms. The zero-order valence-electron chi connectivity index (χ0n) is 11.9. The third-order valence-electron chi connectivity index (χ3n) is 2.86. The molecule has 142 valence electrons. The first-order chi connectivity index (χ1) is 11.3. The predicted molar refractivity (Wildman–Crippen MR) is 73.5 cm³/mol. The van der Waals surface area contributed by atoms with Gasteiger partial charge in [0.1, 0.15) is 12.2 Å². The van der Waals surface area contributed by atoms with E-state index in [4.69, 9.17) is 34.8 Å². The summed E-state index contributed by atoms with van der Waals surface area (Å²) in [6.45, 7) is 0. The molecule has 4 atom stereocenters. The van der Waals surface area contributed by atoms with Crippen molar-refractivity contribution in [3.05, 3.63) is 26.7 Å². The number of carbonyl (C=O) groups is 1. The molecule has 16 heteroatoms. The van der Waals surface area contributed by atoms with Crippen LogP contribution in [-0.2, 0) is 14.1 Å². The third-order valence-corrected chi connectivity index (χ3v) is 2.86. The zero-order valence-corrected chi connectivity index (χ0v) is 12.8. The number of carboxylic acids is 1. The normalized spacial score (nSPS) is 26.0. The number of carboxylic acid groups (broad SMARTS) is 1. The van der Waals surface area contributed by atoms with Crippen LogP contribution in [0.25, 0.3) is 0 Å². The number of hydrogen-bond donors (Lipinski definition) is 8. The van der Waals surface area contributed by atoms with Crippen LogP contribution >= 0.6 is 7.82 Å². The number of nitrogens with one attached hydrogen (secondary N) is 1. The number of phosphoric acid groups is 1. The molecular formula is C9H13FN3O11P. The maximum Gasteiger partial charge on any atom is 0.466 e. The Morgan fingerprint density at radius 1 is 1.24 bits per heavy atom. The van der Waals surface area contributed by atoms with Gasteiger partial charge in [-0.2, -0.15) is 4.39 Å². The standard InChI is InChI=1S/C9H10FN3O7.H3O4P/c10-1-5(11)13(9(19)12-6(1)16)7-3(15)2(14)4(20-7)8(17)18;1-5(2,3)4/h2-4,7,14-15H,11H2,(H,17,18)(H,12,16,19);(H3,1,2,3,4)/t2-,3+,4-,7+;/m0./s1. The molecule has 14 nitrogen and oxygen atoms in total. The van der Waals surface area contributed by atoms with Crippen molar-refractivity contribution in [3.8, 4) is 0 Å². The van der Waals surface area contributed by atoms with Gasteiger partial charge in [0.05, 0.1) is 0 Å². The molecule has 0 aliphatic carbocycles. The number of nitrogen functional groups attached to an aromatic ring is 1. The third kappa shape index (κ3) is 4.93. The first-order valence-corrected chi connectivity index (χ1v) is 7.64. The fourth-order valence-corrected chi connectivity index (χ4v) is 1.87. The molecule has 0 unspecified atom stereocenters. The van der Waals surface area contributed by atoms with Gasteiger partial charge in [-0.15, -0.1) is 0 Å². The van der Waals surface area contributed by atoms with Crippen LogP contribution < -0.4 is 17.0 Å². The van der Waals surface area contributed by atoms with Gasteiger partial charge in [-0.3, -0.25) is 9.78 Å². The number of aliphatic carboxylic acids is 1. The maximum absolute atomic E-state index is 13.4. The van der Waals surface area contributed by atoms with E-state index in [0.717, 1.165) is 0 Å². The van der Waals surface area contributed by atoms with Crippen molar-refractivity contribution >= 4 is 19.6 Å². The van der Waals surface area contributed by atoms with Crippen LogP contribution in [0.3, 0.4) is 0 Å². The van der Waals surface area contributed by atoms with Crippen LogP contribution in [-0.4, -0.2) is 63.8 Å². The fourth-order valence-electron chi connectivity index (χ4n) is 1.87. The molecule has 9 N–H and O–H groups in total. The number of aliphatic hydroxyl groups is 2. The van der Waals surface area contributed by atoms with Gasteiger partial charge < -0.3 is 40.5 Å². The Kier molecular flexibility index (Phi) is 6.19. The van der Waals surface area contributed by atoms with E-state index in [0.29, 0.717) is 4.57 Å². The topological polar surface area (TPSA) is 246 Å². The smallest absolute Gasteiger partial charge is 0.466 e. The summed E-state index contributed by atoms with van der Waals surface area (Å²) in [5.74, 6) is -4.02. The number of aliphatic hydroxyl groups excluding tert-OH is 2. The van der Waals surface area contributed by atoms with Crippen molar-refractivity contribution in [3.63, 3.8) is 0 Å². The van der Waals surface area contributed by atoms with E-state index in [-0.39, 0.29) is 0 Å². The lowest BCUT2D eigenvalue weighted by molar-refractivity contribution is -0.155. The van der Waals surface area contributed by atoms with E-state index >= 15 is 0 Å². The number of ether oxygens (including phenoxy) is 1. The largest absolute Gasteiger partial charge is 0.479 e. The monoisotopic (exact) mass is 389 g/mol. The Morgan fingerprint density at radius 3 is 2.12 bits per heavy atom. The zero-order chi connectivity index (χ0) is 19.7. The molecule has 2 rings (SSSR count). The SMILES string of the molecule is Nc1c(F)c(=O)[nH]c(=O)n1[C@@H]1O[C@H](C(=O)O)[C@@H](O)[C@H]1O.O=P(O)(O)O. The highest BCUT2D eigenvalue weighted by molar-refractivity contribution is 7.45. The summed E-state index contributed by atoms with van der Waals surface area (Å²) in [6.07, 6.45) is -7.26. The number of anilines is 1. The summed E-state index contributed by atoms with van der Waals surface area (Å²) in [4.78, 5) is 56.5. The highest BCUT2D eigenvalue weighted by Crippen LogP contribution is 2.30. The van der Waals surface area contributed by atoms with Gasteiger partial charge in [0.25, 0.3) is 5.56 Å². The summed E-state index contributed by atoms with van der Waals surface area (Å²) in [7, 11) is -4.64. The van der Waals surface area contributed by atoms with Gasteiger partial charge >= 0.3 is 19.5 Å². The Bertz CT molecular complexity index is 808. The Labute approximate surface area is 135 Å². The summed E-state index contributed by atoms with van der Waals surface area (Å²) >= 11 is 0. The maximum atomic E-state index is 13.4. The lowest BCUT2D eigenvalue weighted by Gasteiger charge is -2.18. The molecule has 1 fully saturated rings. The van der Waals surface area contributed by atoms with E-state index in [1.165, 1.54) is 0 Å². The Hall–Kier alpha value is -2.13. The molecule has 0 aromatic carbocycles. The lowest BCUT2D eigenvalue weighted by atomic mass is 10.1. The second-order valence-corrected chi connectivity index (χ2v) is 5.64. The Balaban J connectivity index is 0.000000550. The second-order valence-electron chi connectivity index (χ2n) is 4.61. The van der Waals surface area contributed by atoms with Crippen molar-refractivity contribution in [2.75, 3.05) is 5.73 Å². The number of aromatic nitrogens is 2. The number of nitrogens with two attached hydrogens (primary N) is 1. The van der Waals surface area contributed by atoms with Crippen molar-refractivity contribution < 1.29 is 48.5 Å². The van der Waals surface area contributed by atoms with Gasteiger partial charge in [0.15, 0.2) is 18.1 Å². The van der Waals surface area contributed by atoms with E-state index < -0.39 is 61.2 Å². The molecule has 1 aliphatic heterocycles. The van der Waals surface area contributed by atoms with E-state index in [2.05, 4.69) is 0 Å². The molecule has 0 amide bonds. The van der Waals surface area contributed by atoms with Gasteiger partial charge in [0.2, 0.25) is 5.82 Å². The summed E-state index contributed by atoms with van der Waals surface area (Å²) in [6, 6.07) is 0. The van der Waals surface area contributed by atoms with Crippen LogP contribution in [0, 0.1) is 5.82 Å². The molecule has 1 aliphatic rings. The van der Waals surface area contributed by atoms with Crippen LogP contribution in [0.4, 0.5) is 10.2 Å². The van der Waals surface area contributed by atoms with Crippen molar-refractivity contribution in [2.24, 2.45) is 0 Å². The van der Waals surface area contributed by atoms with E-state index in [1.807, 2.05) is 0 Å². The highest BCUT2D eigenvalue weighted by Gasteiger charge is 2.48. The average Bonchev–Trinajstić information content (AvgIpc) is 2.72. The van der Waals surface area contributed by atoms with Crippen molar-refractivity contribution in [1.82, 2.24) is 9.55 Å². The lowest BCUT2D eigenvalue weighted by Crippen LogP contribution is -2.40. The summed E-state index contributed by atoms with van der Waals surface area (Å²) in [5, 5.41) is 27.9. The number of H-pyrrole nitrogens is 1. The van der Waals surface area contributed by atoms with E-state index in [1.54, 1.807) is 4.98 Å². The number of nitrogens with zero attached hydrogens (tertiary/aromatic N) is 1. The molecule has 0 saturated carbocycles. The minimum atomic E-state index is -4.64. The average molecular weight is 389 g/mol. The number of aromatic amines is 1.